The number of rotatable bonds is 5. The quantitative estimate of drug-likeness (QED) is 0.492. The van der Waals surface area contributed by atoms with Crippen molar-refractivity contribution in [3.05, 3.63) is 42.7 Å². The molecule has 0 bridgehead atoms. The van der Waals surface area contributed by atoms with E-state index in [-0.39, 0.29) is 5.75 Å². The summed E-state index contributed by atoms with van der Waals surface area (Å²) in [4.78, 5) is 2.25. The number of nitrogens with zero attached hydrogens (tertiary/aromatic N) is 5. The maximum atomic E-state index is 10.7. The molecule has 9 heteroatoms. The molecule has 0 spiro atoms. The molecule has 1 fully saturated rings. The average molecular weight is 435 g/mol. The first-order valence-corrected chi connectivity index (χ1v) is 11.4. The molecule has 1 saturated carbocycles. The minimum absolute atomic E-state index is 0.0987. The van der Waals surface area contributed by atoms with Crippen LogP contribution in [0.3, 0.4) is 0 Å². The number of aromatic nitrogens is 4. The number of aromatic hydroxyl groups is 1. The molecule has 2 aromatic heterocycles. The van der Waals surface area contributed by atoms with Crippen molar-refractivity contribution in [2.24, 2.45) is 11.8 Å². The van der Waals surface area contributed by atoms with Gasteiger partial charge in [0.2, 0.25) is 0 Å². The van der Waals surface area contributed by atoms with Crippen LogP contribution in [-0.4, -0.2) is 61.7 Å². The van der Waals surface area contributed by atoms with Gasteiger partial charge in [-0.2, -0.15) is 5.10 Å². The molecule has 6 radical (unpaired) electrons. The number of phenolic OH excluding ortho intramolecular Hbond substituents is 1. The van der Waals surface area contributed by atoms with Gasteiger partial charge < -0.3 is 10.0 Å². The van der Waals surface area contributed by atoms with E-state index >= 15 is 0 Å². The van der Waals surface area contributed by atoms with Gasteiger partial charge in [0.05, 0.1) is 35.4 Å². The first kappa shape index (κ1) is 23.5. The van der Waals surface area contributed by atoms with Crippen molar-refractivity contribution >= 4 is 29.4 Å². The molecule has 0 amide bonds. The third kappa shape index (κ3) is 5.28. The Morgan fingerprint density at radius 1 is 1.00 bits per heavy atom. The van der Waals surface area contributed by atoms with Crippen LogP contribution in [0.25, 0.3) is 22.4 Å². The second kappa shape index (κ2) is 9.28. The van der Waals surface area contributed by atoms with E-state index in [0.717, 1.165) is 16.9 Å². The van der Waals surface area contributed by atoms with Crippen LogP contribution in [0.1, 0.15) is 39.5 Å². The van der Waals surface area contributed by atoms with Crippen LogP contribution in [0, 0.1) is 11.8 Å². The lowest BCUT2D eigenvalue weighted by molar-refractivity contribution is 0.446. The largest absolute Gasteiger partial charge is 0.507 e. The molecular formula is C24H28B3N5O. The Balaban J connectivity index is 1.52. The summed E-state index contributed by atoms with van der Waals surface area (Å²) < 4.78 is 1.27. The van der Waals surface area contributed by atoms with Gasteiger partial charge in [0.25, 0.3) is 0 Å². The van der Waals surface area contributed by atoms with Gasteiger partial charge in [-0.1, -0.05) is 32.8 Å². The fourth-order valence-corrected chi connectivity index (χ4v) is 4.60. The maximum Gasteiger partial charge on any atom is 0.151 e. The smallest absolute Gasteiger partial charge is 0.151 e. The zero-order valence-electron chi connectivity index (χ0n) is 19.5. The average Bonchev–Trinajstić information content (AvgIpc) is 3.21. The molecule has 1 N–H and O–H groups in total. The summed E-state index contributed by atoms with van der Waals surface area (Å²) in [6.07, 6.45) is 8.14. The highest BCUT2D eigenvalue weighted by Gasteiger charge is 2.25. The van der Waals surface area contributed by atoms with Gasteiger partial charge in [-0.25, -0.2) is 0 Å². The van der Waals surface area contributed by atoms with E-state index in [0.29, 0.717) is 29.1 Å². The van der Waals surface area contributed by atoms with Gasteiger partial charge in [-0.05, 0) is 59.7 Å². The molecule has 1 unspecified atom stereocenters. The van der Waals surface area contributed by atoms with Crippen molar-refractivity contribution in [3.63, 3.8) is 0 Å². The third-order valence-electron chi connectivity index (χ3n) is 6.65. The highest BCUT2D eigenvalue weighted by molar-refractivity contribution is 6.56. The predicted octanol–water partition coefficient (Wildman–Crippen LogP) is 3.44. The minimum Gasteiger partial charge on any atom is -0.507 e. The fraction of sp³-hybridized carbons (Fsp3) is 0.458. The van der Waals surface area contributed by atoms with Gasteiger partial charge in [0.1, 0.15) is 5.75 Å². The van der Waals surface area contributed by atoms with Crippen molar-refractivity contribution in [1.82, 2.24) is 20.0 Å². The van der Waals surface area contributed by atoms with Crippen LogP contribution in [0.15, 0.2) is 42.7 Å². The van der Waals surface area contributed by atoms with Crippen molar-refractivity contribution < 1.29 is 5.11 Å². The van der Waals surface area contributed by atoms with Crippen LogP contribution >= 0.6 is 0 Å². The van der Waals surface area contributed by atoms with Gasteiger partial charge in [0, 0.05) is 30.4 Å². The molecule has 6 nitrogen and oxygen atoms in total. The van der Waals surface area contributed by atoms with Crippen molar-refractivity contribution in [2.45, 2.75) is 50.8 Å². The lowest BCUT2D eigenvalue weighted by Gasteiger charge is -2.30. The molecule has 1 aliphatic carbocycles. The zero-order chi connectivity index (χ0) is 23.8. The SMILES string of the molecule is [B]C([B])([B])n1cc(-c2ccc(-c3ccc(N(C)C4C[C@H](C)CC[C@H](C)C4)nn3)c(O)c2)cn1. The Morgan fingerprint density at radius 2 is 1.70 bits per heavy atom. The molecule has 1 aliphatic rings. The standard InChI is InChI=1S/C24H28B3N5O/c1-15-4-5-16(2)11-19(10-15)31(3)23-9-8-21(29-30-23)20-7-6-17(12-22(20)33)18-13-28-32(14-18)24(25,26)27/h6-9,12-16,19,33H,4-5,10-11H2,1-3H3/t15-,16+,19?. The zero-order valence-corrected chi connectivity index (χ0v) is 19.5. The molecule has 164 valence electrons. The second-order valence-electron chi connectivity index (χ2n) is 9.59. The molecular weight excluding hydrogens is 407 g/mol. The molecule has 33 heavy (non-hydrogen) atoms. The van der Waals surface area contributed by atoms with Crippen LogP contribution in [0.2, 0.25) is 0 Å². The van der Waals surface area contributed by atoms with Gasteiger partial charge >= 0.3 is 0 Å². The topological polar surface area (TPSA) is 67.1 Å². The first-order chi connectivity index (χ1) is 15.6. The van der Waals surface area contributed by atoms with Crippen LogP contribution in [0.5, 0.6) is 5.75 Å². The number of hydrogen-bond acceptors (Lipinski definition) is 5. The van der Waals surface area contributed by atoms with E-state index in [1.165, 1.54) is 30.4 Å². The van der Waals surface area contributed by atoms with E-state index in [4.69, 9.17) is 23.5 Å². The first-order valence-electron chi connectivity index (χ1n) is 11.4. The van der Waals surface area contributed by atoms with Crippen molar-refractivity contribution in [3.8, 4) is 28.1 Å². The monoisotopic (exact) mass is 435 g/mol. The molecule has 3 aromatic rings. The summed E-state index contributed by atoms with van der Waals surface area (Å²) in [5.74, 6) is 2.38. The predicted molar refractivity (Wildman–Crippen MR) is 135 cm³/mol. The summed E-state index contributed by atoms with van der Waals surface area (Å²) in [7, 11) is 19.1. The van der Waals surface area contributed by atoms with E-state index in [1.54, 1.807) is 18.5 Å². The number of benzene rings is 1. The Labute approximate surface area is 200 Å². The normalized spacial score (nSPS) is 21.5. The van der Waals surface area contributed by atoms with E-state index in [2.05, 4.69) is 41.1 Å². The fourth-order valence-electron chi connectivity index (χ4n) is 4.60. The van der Waals surface area contributed by atoms with Gasteiger partial charge in [0.15, 0.2) is 5.82 Å². The Bertz CT molecular complexity index is 1080. The highest BCUT2D eigenvalue weighted by Crippen LogP contribution is 2.34. The highest BCUT2D eigenvalue weighted by atomic mass is 16.3. The molecule has 0 aliphatic heterocycles. The Kier molecular flexibility index (Phi) is 6.60. The number of anilines is 1. The van der Waals surface area contributed by atoms with E-state index < -0.39 is 5.24 Å². The van der Waals surface area contributed by atoms with Crippen LogP contribution in [-0.2, 0) is 5.24 Å². The van der Waals surface area contributed by atoms with Crippen LogP contribution < -0.4 is 4.90 Å². The summed E-state index contributed by atoms with van der Waals surface area (Å²) >= 11 is 0. The van der Waals surface area contributed by atoms with Crippen LogP contribution in [0.4, 0.5) is 5.82 Å². The summed E-state index contributed by atoms with van der Waals surface area (Å²) in [6.45, 7) is 4.67. The van der Waals surface area contributed by atoms with Gasteiger partial charge in [-0.3, -0.25) is 4.68 Å². The Morgan fingerprint density at radius 3 is 2.24 bits per heavy atom. The molecule has 3 atom stereocenters. The summed E-state index contributed by atoms with van der Waals surface area (Å²) in [5, 5.41) is 22.0. The number of hydrogen-bond donors (Lipinski definition) is 1. The van der Waals surface area contributed by atoms with E-state index in [1.807, 2.05) is 24.3 Å². The molecule has 4 rings (SSSR count). The van der Waals surface area contributed by atoms with Gasteiger partial charge in [-0.15, -0.1) is 10.2 Å². The lowest BCUT2D eigenvalue weighted by atomic mass is 9.49. The number of phenols is 1. The van der Waals surface area contributed by atoms with E-state index in [9.17, 15) is 5.11 Å². The van der Waals surface area contributed by atoms with Crippen molar-refractivity contribution in [1.29, 1.82) is 0 Å². The maximum absolute atomic E-state index is 10.7. The second-order valence-corrected chi connectivity index (χ2v) is 9.59. The molecule has 2 heterocycles. The third-order valence-corrected chi connectivity index (χ3v) is 6.65. The van der Waals surface area contributed by atoms with Crippen molar-refractivity contribution in [2.75, 3.05) is 11.9 Å². The summed E-state index contributed by atoms with van der Waals surface area (Å²) in [6, 6.07) is 9.67. The summed E-state index contributed by atoms with van der Waals surface area (Å²) in [5.41, 5.74) is 2.71. The lowest BCUT2D eigenvalue weighted by Crippen LogP contribution is -2.35. The minimum atomic E-state index is -1.59. The Hall–Kier alpha value is -2.70. The molecule has 1 aromatic carbocycles. The molecule has 0 saturated heterocycles.